The van der Waals surface area contributed by atoms with Gasteiger partial charge in [-0.05, 0) is 55.2 Å². The van der Waals surface area contributed by atoms with Crippen molar-refractivity contribution < 1.29 is 14.4 Å². The normalized spacial score (nSPS) is 14.5. The molecule has 0 radical (unpaired) electrons. The molecule has 5 nitrogen and oxygen atoms in total. The molecule has 1 heterocycles. The Morgan fingerprint density at radius 2 is 1.67 bits per heavy atom. The Labute approximate surface area is 163 Å². The lowest BCUT2D eigenvalue weighted by molar-refractivity contribution is -0.120. The van der Waals surface area contributed by atoms with E-state index in [1.54, 1.807) is 42.5 Å². The van der Waals surface area contributed by atoms with E-state index in [0.717, 1.165) is 10.5 Å². The number of anilines is 1. The van der Waals surface area contributed by atoms with E-state index in [-0.39, 0.29) is 11.8 Å². The standard InChI is InChI=1S/C21H21ClN2O3/c1-12(2)10-18(19(25)23-17-9-8-14(22)11-13(17)3)24-20(26)15-6-4-5-7-16(15)21(24)27/h4-9,11-12,18H,10H2,1-3H3,(H,23,25). The van der Waals surface area contributed by atoms with Crippen molar-refractivity contribution in [3.63, 3.8) is 0 Å². The summed E-state index contributed by atoms with van der Waals surface area (Å²) < 4.78 is 0. The predicted octanol–water partition coefficient (Wildman–Crippen LogP) is 4.30. The highest BCUT2D eigenvalue weighted by atomic mass is 35.5. The van der Waals surface area contributed by atoms with Gasteiger partial charge in [0.05, 0.1) is 11.1 Å². The largest absolute Gasteiger partial charge is 0.324 e. The third kappa shape index (κ3) is 3.74. The Balaban J connectivity index is 1.91. The molecule has 1 N–H and O–H groups in total. The van der Waals surface area contributed by atoms with Gasteiger partial charge < -0.3 is 5.32 Å². The lowest BCUT2D eigenvalue weighted by atomic mass is 10.0. The zero-order valence-electron chi connectivity index (χ0n) is 15.5. The minimum Gasteiger partial charge on any atom is -0.324 e. The first-order valence-electron chi connectivity index (χ1n) is 8.83. The number of hydrogen-bond acceptors (Lipinski definition) is 3. The first-order valence-corrected chi connectivity index (χ1v) is 9.21. The van der Waals surface area contributed by atoms with Crippen molar-refractivity contribution >= 4 is 35.0 Å². The summed E-state index contributed by atoms with van der Waals surface area (Å²) in [7, 11) is 0. The van der Waals surface area contributed by atoms with Crippen molar-refractivity contribution in [3.05, 3.63) is 64.2 Å². The number of halogens is 1. The van der Waals surface area contributed by atoms with E-state index in [1.807, 2.05) is 20.8 Å². The summed E-state index contributed by atoms with van der Waals surface area (Å²) in [5.74, 6) is -1.12. The number of amides is 3. The van der Waals surface area contributed by atoms with E-state index >= 15 is 0 Å². The van der Waals surface area contributed by atoms with Crippen LogP contribution < -0.4 is 5.32 Å². The molecule has 0 saturated heterocycles. The van der Waals surface area contributed by atoms with Crippen LogP contribution in [0.2, 0.25) is 5.02 Å². The molecule has 0 spiro atoms. The minimum atomic E-state index is -0.882. The third-order valence-electron chi connectivity index (χ3n) is 4.58. The Kier molecular flexibility index (Phi) is 5.33. The molecule has 0 fully saturated rings. The molecule has 3 amide bonds. The number of carbonyl (C=O) groups is 3. The highest BCUT2D eigenvalue weighted by molar-refractivity contribution is 6.30. The Morgan fingerprint density at radius 3 is 2.19 bits per heavy atom. The van der Waals surface area contributed by atoms with Crippen LogP contribution in [0.4, 0.5) is 5.69 Å². The summed E-state index contributed by atoms with van der Waals surface area (Å²) in [6, 6.07) is 10.9. The van der Waals surface area contributed by atoms with Crippen LogP contribution in [0.3, 0.4) is 0 Å². The van der Waals surface area contributed by atoms with Gasteiger partial charge in [0.1, 0.15) is 6.04 Å². The predicted molar refractivity (Wildman–Crippen MR) is 105 cm³/mol. The maximum absolute atomic E-state index is 13.0. The van der Waals surface area contributed by atoms with Crippen LogP contribution in [-0.4, -0.2) is 28.7 Å². The molecular weight excluding hydrogens is 364 g/mol. The monoisotopic (exact) mass is 384 g/mol. The number of nitrogens with zero attached hydrogens (tertiary/aromatic N) is 1. The molecular formula is C21H21ClN2O3. The molecule has 1 aliphatic rings. The molecule has 6 heteroatoms. The van der Waals surface area contributed by atoms with Gasteiger partial charge in [-0.2, -0.15) is 0 Å². The molecule has 27 heavy (non-hydrogen) atoms. The smallest absolute Gasteiger partial charge is 0.262 e. The summed E-state index contributed by atoms with van der Waals surface area (Å²) >= 11 is 5.97. The molecule has 1 atom stereocenters. The van der Waals surface area contributed by atoms with E-state index in [2.05, 4.69) is 5.32 Å². The Hall–Kier alpha value is -2.66. The molecule has 0 aromatic heterocycles. The molecule has 0 saturated carbocycles. The van der Waals surface area contributed by atoms with E-state index in [1.165, 1.54) is 0 Å². The molecule has 2 aromatic rings. The van der Waals surface area contributed by atoms with Crippen LogP contribution in [0.25, 0.3) is 0 Å². The van der Waals surface area contributed by atoms with Crippen molar-refractivity contribution in [2.45, 2.75) is 33.2 Å². The molecule has 140 valence electrons. The second-order valence-corrected chi connectivity index (χ2v) is 7.56. The quantitative estimate of drug-likeness (QED) is 0.781. The van der Waals surface area contributed by atoms with Crippen molar-refractivity contribution in [1.29, 1.82) is 0 Å². The van der Waals surface area contributed by atoms with Crippen molar-refractivity contribution in [2.75, 3.05) is 5.32 Å². The average Bonchev–Trinajstić information content (AvgIpc) is 2.86. The van der Waals surface area contributed by atoms with Gasteiger partial charge in [0.2, 0.25) is 5.91 Å². The van der Waals surface area contributed by atoms with Gasteiger partial charge in [0, 0.05) is 10.7 Å². The van der Waals surface area contributed by atoms with Gasteiger partial charge in [-0.15, -0.1) is 0 Å². The van der Waals surface area contributed by atoms with Gasteiger partial charge in [0.25, 0.3) is 11.8 Å². The number of benzene rings is 2. The highest BCUT2D eigenvalue weighted by Gasteiger charge is 2.42. The number of nitrogens with one attached hydrogen (secondary N) is 1. The van der Waals surface area contributed by atoms with Gasteiger partial charge in [-0.25, -0.2) is 0 Å². The van der Waals surface area contributed by atoms with Gasteiger partial charge in [0.15, 0.2) is 0 Å². The van der Waals surface area contributed by atoms with E-state index < -0.39 is 17.9 Å². The number of aryl methyl sites for hydroxylation is 1. The molecule has 1 unspecified atom stereocenters. The summed E-state index contributed by atoms with van der Waals surface area (Å²) in [6.07, 6.45) is 0.379. The average molecular weight is 385 g/mol. The summed E-state index contributed by atoms with van der Waals surface area (Å²) in [6.45, 7) is 5.74. The molecule has 0 aliphatic carbocycles. The molecule has 1 aliphatic heterocycles. The number of hydrogen-bond donors (Lipinski definition) is 1. The SMILES string of the molecule is Cc1cc(Cl)ccc1NC(=O)C(CC(C)C)N1C(=O)c2ccccc2C1=O. The second kappa shape index (κ2) is 7.53. The van der Waals surface area contributed by atoms with E-state index in [9.17, 15) is 14.4 Å². The molecule has 2 aromatic carbocycles. The van der Waals surface area contributed by atoms with Crippen molar-refractivity contribution in [1.82, 2.24) is 4.90 Å². The Morgan fingerprint density at radius 1 is 1.07 bits per heavy atom. The van der Waals surface area contributed by atoms with Crippen LogP contribution in [-0.2, 0) is 4.79 Å². The summed E-state index contributed by atoms with van der Waals surface area (Å²) in [5, 5.41) is 3.42. The van der Waals surface area contributed by atoms with Crippen LogP contribution >= 0.6 is 11.6 Å². The summed E-state index contributed by atoms with van der Waals surface area (Å²) in [4.78, 5) is 39.7. The van der Waals surface area contributed by atoms with Crippen molar-refractivity contribution in [2.24, 2.45) is 5.92 Å². The zero-order valence-corrected chi connectivity index (χ0v) is 16.2. The van der Waals surface area contributed by atoms with E-state index in [0.29, 0.717) is 28.3 Å². The first kappa shape index (κ1) is 19.1. The van der Waals surface area contributed by atoms with Gasteiger partial charge in [-0.3, -0.25) is 19.3 Å². The maximum Gasteiger partial charge on any atom is 0.262 e. The first-order chi connectivity index (χ1) is 12.8. The fourth-order valence-electron chi connectivity index (χ4n) is 3.25. The van der Waals surface area contributed by atoms with Crippen molar-refractivity contribution in [3.8, 4) is 0 Å². The number of carbonyl (C=O) groups excluding carboxylic acids is 3. The highest BCUT2D eigenvalue weighted by Crippen LogP contribution is 2.28. The second-order valence-electron chi connectivity index (χ2n) is 7.12. The molecule has 0 bridgehead atoms. The van der Waals surface area contributed by atoms with Crippen LogP contribution in [0.1, 0.15) is 46.5 Å². The van der Waals surface area contributed by atoms with Crippen LogP contribution in [0, 0.1) is 12.8 Å². The topological polar surface area (TPSA) is 66.5 Å². The third-order valence-corrected chi connectivity index (χ3v) is 4.82. The lowest BCUT2D eigenvalue weighted by Gasteiger charge is -2.27. The number of rotatable bonds is 5. The van der Waals surface area contributed by atoms with Crippen LogP contribution in [0.15, 0.2) is 42.5 Å². The van der Waals surface area contributed by atoms with Gasteiger partial charge >= 0.3 is 0 Å². The summed E-state index contributed by atoms with van der Waals surface area (Å²) in [5.41, 5.74) is 2.09. The van der Waals surface area contributed by atoms with Crippen LogP contribution in [0.5, 0.6) is 0 Å². The number of imide groups is 1. The lowest BCUT2D eigenvalue weighted by Crippen LogP contribution is -2.48. The number of fused-ring (bicyclic) bond motifs is 1. The fraction of sp³-hybridized carbons (Fsp3) is 0.286. The Bertz CT molecular complexity index is 888. The minimum absolute atomic E-state index is 0.122. The molecule has 3 rings (SSSR count). The van der Waals surface area contributed by atoms with E-state index in [4.69, 9.17) is 11.6 Å². The zero-order chi connectivity index (χ0) is 19.7. The maximum atomic E-state index is 13.0. The fourth-order valence-corrected chi connectivity index (χ4v) is 3.48. The van der Waals surface area contributed by atoms with Gasteiger partial charge in [-0.1, -0.05) is 37.6 Å².